The Morgan fingerprint density at radius 1 is 0.900 bits per heavy atom. The van der Waals surface area contributed by atoms with Crippen LogP contribution >= 0.6 is 0 Å². The summed E-state index contributed by atoms with van der Waals surface area (Å²) in [5.74, 6) is 0. The highest BCUT2D eigenvalue weighted by molar-refractivity contribution is 5.83. The Morgan fingerprint density at radius 3 is 2.65 bits per heavy atom. The van der Waals surface area contributed by atoms with E-state index < -0.39 is 0 Å². The molecule has 0 amide bonds. The zero-order valence-electron chi connectivity index (χ0n) is 11.6. The maximum Gasteiger partial charge on any atom is 0.0470 e. The van der Waals surface area contributed by atoms with Crippen molar-refractivity contribution in [2.45, 2.75) is 19.8 Å². The second-order valence-corrected chi connectivity index (χ2v) is 5.58. The van der Waals surface area contributed by atoms with Gasteiger partial charge in [0.1, 0.15) is 0 Å². The number of fused-ring (bicyclic) bond motifs is 4. The van der Waals surface area contributed by atoms with Gasteiger partial charge in [-0.1, -0.05) is 48.0 Å². The SMILES string of the molecule is CC1=c2/c([nH]c3ccccc23)=C\c2ccccc2CC1. The summed E-state index contributed by atoms with van der Waals surface area (Å²) in [5, 5.41) is 3.99. The van der Waals surface area contributed by atoms with E-state index in [0.29, 0.717) is 0 Å². The number of H-pyrrole nitrogens is 1. The summed E-state index contributed by atoms with van der Waals surface area (Å²) in [6, 6.07) is 17.3. The predicted octanol–water partition coefficient (Wildman–Crippen LogP) is 3.11. The van der Waals surface area contributed by atoms with Crippen molar-refractivity contribution in [3.63, 3.8) is 0 Å². The lowest BCUT2D eigenvalue weighted by atomic mass is 9.96. The Hall–Kier alpha value is -2.28. The van der Waals surface area contributed by atoms with E-state index in [1.165, 1.54) is 38.2 Å². The van der Waals surface area contributed by atoms with Gasteiger partial charge in [0.05, 0.1) is 0 Å². The van der Waals surface area contributed by atoms with Gasteiger partial charge >= 0.3 is 0 Å². The molecular formula is C19H17N. The molecular weight excluding hydrogens is 242 g/mol. The predicted molar refractivity (Wildman–Crippen MR) is 85.0 cm³/mol. The molecule has 2 aromatic carbocycles. The molecule has 1 aliphatic rings. The summed E-state index contributed by atoms with van der Waals surface area (Å²) < 4.78 is 0. The highest BCUT2D eigenvalue weighted by Crippen LogP contribution is 2.17. The van der Waals surface area contributed by atoms with Gasteiger partial charge in [-0.2, -0.15) is 0 Å². The van der Waals surface area contributed by atoms with Gasteiger partial charge in [-0.25, -0.2) is 0 Å². The van der Waals surface area contributed by atoms with E-state index in [1.807, 2.05) is 0 Å². The van der Waals surface area contributed by atoms with Crippen molar-refractivity contribution in [2.24, 2.45) is 0 Å². The Kier molecular flexibility index (Phi) is 2.53. The molecule has 98 valence electrons. The van der Waals surface area contributed by atoms with Crippen molar-refractivity contribution >= 4 is 22.6 Å². The molecule has 0 saturated heterocycles. The fraction of sp³-hybridized carbons (Fsp3) is 0.158. The molecule has 0 saturated carbocycles. The summed E-state index contributed by atoms with van der Waals surface area (Å²) in [5.41, 5.74) is 5.49. The number of hydrogen-bond acceptors (Lipinski definition) is 0. The molecule has 0 radical (unpaired) electrons. The topological polar surface area (TPSA) is 15.8 Å². The molecule has 1 aliphatic carbocycles. The van der Waals surface area contributed by atoms with Gasteiger partial charge in [0.15, 0.2) is 0 Å². The molecule has 0 spiro atoms. The van der Waals surface area contributed by atoms with Gasteiger partial charge in [0.25, 0.3) is 0 Å². The summed E-state index contributed by atoms with van der Waals surface area (Å²) in [6.45, 7) is 2.26. The van der Waals surface area contributed by atoms with Crippen LogP contribution in [0.2, 0.25) is 0 Å². The fourth-order valence-corrected chi connectivity index (χ4v) is 3.24. The van der Waals surface area contributed by atoms with E-state index in [9.17, 15) is 0 Å². The zero-order chi connectivity index (χ0) is 13.5. The van der Waals surface area contributed by atoms with Gasteiger partial charge in [0.2, 0.25) is 0 Å². The van der Waals surface area contributed by atoms with Crippen molar-refractivity contribution < 1.29 is 0 Å². The lowest BCUT2D eigenvalue weighted by molar-refractivity contribution is 0.994. The van der Waals surface area contributed by atoms with E-state index in [-0.39, 0.29) is 0 Å². The molecule has 4 rings (SSSR count). The number of aromatic nitrogens is 1. The third kappa shape index (κ3) is 1.70. The third-order valence-corrected chi connectivity index (χ3v) is 4.29. The van der Waals surface area contributed by atoms with Crippen molar-refractivity contribution in [1.82, 2.24) is 4.98 Å². The quantitative estimate of drug-likeness (QED) is 0.638. The number of aromatic amines is 1. The van der Waals surface area contributed by atoms with Crippen LogP contribution in [0.4, 0.5) is 0 Å². The molecule has 1 heterocycles. The second-order valence-electron chi connectivity index (χ2n) is 5.58. The van der Waals surface area contributed by atoms with Gasteiger partial charge in [0, 0.05) is 21.5 Å². The maximum absolute atomic E-state index is 3.58. The van der Waals surface area contributed by atoms with Crippen LogP contribution in [0.15, 0.2) is 48.5 Å². The fourth-order valence-electron chi connectivity index (χ4n) is 3.24. The molecule has 0 atom stereocenters. The minimum Gasteiger partial charge on any atom is -0.354 e. The minimum absolute atomic E-state index is 1.12. The zero-order valence-corrected chi connectivity index (χ0v) is 11.6. The smallest absolute Gasteiger partial charge is 0.0470 e. The van der Waals surface area contributed by atoms with E-state index in [2.05, 4.69) is 66.5 Å². The van der Waals surface area contributed by atoms with Crippen LogP contribution in [0.5, 0.6) is 0 Å². The Labute approximate surface area is 118 Å². The van der Waals surface area contributed by atoms with E-state index in [1.54, 1.807) is 0 Å². The minimum atomic E-state index is 1.12. The molecule has 0 fully saturated rings. The van der Waals surface area contributed by atoms with Gasteiger partial charge < -0.3 is 4.98 Å². The molecule has 0 bridgehead atoms. The number of benzene rings is 2. The van der Waals surface area contributed by atoms with Crippen LogP contribution in [0.3, 0.4) is 0 Å². The molecule has 0 aliphatic heterocycles. The summed E-state index contributed by atoms with van der Waals surface area (Å²) in [4.78, 5) is 3.58. The first-order valence-corrected chi connectivity index (χ1v) is 7.19. The molecule has 1 aromatic heterocycles. The van der Waals surface area contributed by atoms with E-state index in [4.69, 9.17) is 0 Å². The van der Waals surface area contributed by atoms with Gasteiger partial charge in [-0.15, -0.1) is 0 Å². The number of hydrogen-bond donors (Lipinski definition) is 1. The highest BCUT2D eigenvalue weighted by atomic mass is 14.7. The Balaban J connectivity index is 2.18. The van der Waals surface area contributed by atoms with Crippen LogP contribution in [0, 0.1) is 0 Å². The summed E-state index contributed by atoms with van der Waals surface area (Å²) in [7, 11) is 0. The van der Waals surface area contributed by atoms with Crippen LogP contribution < -0.4 is 10.6 Å². The average molecular weight is 259 g/mol. The number of aryl methyl sites for hydroxylation is 1. The molecule has 20 heavy (non-hydrogen) atoms. The van der Waals surface area contributed by atoms with Crippen LogP contribution in [0.1, 0.15) is 24.5 Å². The number of para-hydroxylation sites is 1. The van der Waals surface area contributed by atoms with E-state index in [0.717, 1.165) is 12.8 Å². The summed E-state index contributed by atoms with van der Waals surface area (Å²) in [6.07, 6.45) is 4.55. The highest BCUT2D eigenvalue weighted by Gasteiger charge is 2.08. The first kappa shape index (κ1) is 11.5. The summed E-state index contributed by atoms with van der Waals surface area (Å²) >= 11 is 0. The first-order chi connectivity index (χ1) is 9.83. The number of nitrogens with one attached hydrogen (secondary N) is 1. The molecule has 1 heteroatoms. The maximum atomic E-state index is 3.58. The molecule has 0 unspecified atom stereocenters. The van der Waals surface area contributed by atoms with Gasteiger partial charge in [-0.05, 0) is 43.0 Å². The lowest BCUT2D eigenvalue weighted by Gasteiger charge is -2.09. The Morgan fingerprint density at radius 2 is 1.70 bits per heavy atom. The van der Waals surface area contributed by atoms with Crippen LogP contribution in [-0.4, -0.2) is 4.98 Å². The van der Waals surface area contributed by atoms with Gasteiger partial charge in [-0.3, -0.25) is 0 Å². The third-order valence-electron chi connectivity index (χ3n) is 4.29. The van der Waals surface area contributed by atoms with Crippen LogP contribution in [0.25, 0.3) is 22.6 Å². The molecule has 3 aromatic rings. The first-order valence-electron chi connectivity index (χ1n) is 7.19. The standard InChI is InChI=1S/C19H17N/c1-13-10-11-14-6-2-3-7-15(14)12-18-19(13)16-8-4-5-9-17(16)20-18/h2-9,12,20H,10-11H2,1H3/b18-12+,19-13?. The van der Waals surface area contributed by atoms with Crippen LogP contribution in [-0.2, 0) is 6.42 Å². The normalized spacial score (nSPS) is 15.8. The molecule has 1 nitrogen and oxygen atoms in total. The van der Waals surface area contributed by atoms with E-state index >= 15 is 0 Å². The average Bonchev–Trinajstić information content (AvgIpc) is 2.82. The monoisotopic (exact) mass is 259 g/mol. The van der Waals surface area contributed by atoms with Crippen molar-refractivity contribution in [1.29, 1.82) is 0 Å². The number of rotatable bonds is 0. The largest absolute Gasteiger partial charge is 0.354 e. The lowest BCUT2D eigenvalue weighted by Crippen LogP contribution is -2.26. The van der Waals surface area contributed by atoms with Crippen molar-refractivity contribution in [3.8, 4) is 0 Å². The Bertz CT molecular complexity index is 912. The second kappa shape index (κ2) is 4.38. The van der Waals surface area contributed by atoms with Crippen molar-refractivity contribution in [3.05, 3.63) is 70.2 Å². The van der Waals surface area contributed by atoms with Crippen molar-refractivity contribution in [2.75, 3.05) is 0 Å². The molecule has 1 N–H and O–H groups in total.